The Balaban J connectivity index is 3.29. The van der Waals surface area contributed by atoms with Crippen molar-refractivity contribution in [2.24, 2.45) is 0 Å². The van der Waals surface area contributed by atoms with Gasteiger partial charge in [0.2, 0.25) is 11.7 Å². The summed E-state index contributed by atoms with van der Waals surface area (Å²) in [6, 6.07) is -1.21. The first-order valence-electron chi connectivity index (χ1n) is 6.90. The standard InChI is InChI=1S/C14H21NO8/c1-3-4-7-10(19)9(15-6(2)17)13(11(20)8(18)5-16)23-12(7)14(21)22/h3,8-11,13,16,18-20H,1,4-5H2,2H3,(H,15,17)(H,21,22)/t8-,9-,10+,11-,13-/m1/s1. The van der Waals surface area contributed by atoms with Crippen LogP contribution in [0, 0.1) is 0 Å². The molecule has 5 atom stereocenters. The monoisotopic (exact) mass is 331 g/mol. The molecule has 23 heavy (non-hydrogen) atoms. The first-order valence-corrected chi connectivity index (χ1v) is 6.90. The molecule has 0 aliphatic carbocycles. The summed E-state index contributed by atoms with van der Waals surface area (Å²) in [4.78, 5) is 22.6. The van der Waals surface area contributed by atoms with Gasteiger partial charge >= 0.3 is 5.97 Å². The lowest BCUT2D eigenvalue weighted by atomic mass is 9.87. The third-order valence-electron chi connectivity index (χ3n) is 3.44. The molecule has 130 valence electrons. The number of aliphatic hydroxyl groups is 4. The van der Waals surface area contributed by atoms with Crippen LogP contribution in [-0.2, 0) is 14.3 Å². The van der Waals surface area contributed by atoms with Crippen LogP contribution in [0.2, 0.25) is 0 Å². The molecule has 1 rings (SSSR count). The summed E-state index contributed by atoms with van der Waals surface area (Å²) in [7, 11) is 0. The van der Waals surface area contributed by atoms with Gasteiger partial charge in [0.25, 0.3) is 0 Å². The molecule has 0 unspecified atom stereocenters. The maximum Gasteiger partial charge on any atom is 0.371 e. The van der Waals surface area contributed by atoms with E-state index in [1.807, 2.05) is 0 Å². The van der Waals surface area contributed by atoms with Crippen molar-refractivity contribution in [1.82, 2.24) is 5.32 Å². The van der Waals surface area contributed by atoms with Crippen LogP contribution >= 0.6 is 0 Å². The number of hydrogen-bond donors (Lipinski definition) is 6. The highest BCUT2D eigenvalue weighted by Gasteiger charge is 2.46. The Morgan fingerprint density at radius 3 is 2.48 bits per heavy atom. The van der Waals surface area contributed by atoms with Gasteiger partial charge in [-0.1, -0.05) is 6.08 Å². The highest BCUT2D eigenvalue weighted by atomic mass is 16.5. The van der Waals surface area contributed by atoms with Crippen LogP contribution in [0.4, 0.5) is 0 Å². The van der Waals surface area contributed by atoms with E-state index in [1.165, 1.54) is 13.0 Å². The number of amides is 1. The maximum absolute atomic E-state index is 11.3. The number of carboxylic acids is 1. The van der Waals surface area contributed by atoms with Gasteiger partial charge in [0.1, 0.15) is 18.3 Å². The van der Waals surface area contributed by atoms with E-state index in [4.69, 9.17) is 9.84 Å². The van der Waals surface area contributed by atoms with Gasteiger partial charge in [-0.2, -0.15) is 0 Å². The van der Waals surface area contributed by atoms with Crippen molar-refractivity contribution in [1.29, 1.82) is 0 Å². The van der Waals surface area contributed by atoms with Crippen LogP contribution in [0.5, 0.6) is 0 Å². The van der Waals surface area contributed by atoms with Crippen molar-refractivity contribution in [2.75, 3.05) is 6.61 Å². The van der Waals surface area contributed by atoms with Gasteiger partial charge < -0.3 is 35.6 Å². The van der Waals surface area contributed by atoms with E-state index in [1.54, 1.807) is 0 Å². The Morgan fingerprint density at radius 1 is 1.43 bits per heavy atom. The maximum atomic E-state index is 11.3. The van der Waals surface area contributed by atoms with Crippen molar-refractivity contribution in [3.63, 3.8) is 0 Å². The molecule has 1 aliphatic heterocycles. The molecule has 1 aliphatic rings. The van der Waals surface area contributed by atoms with E-state index in [2.05, 4.69) is 11.9 Å². The minimum absolute atomic E-state index is 0.00967. The van der Waals surface area contributed by atoms with E-state index in [0.29, 0.717) is 0 Å². The van der Waals surface area contributed by atoms with E-state index in [9.17, 15) is 30.0 Å². The Bertz CT molecular complexity index is 503. The zero-order chi connectivity index (χ0) is 17.7. The third-order valence-corrected chi connectivity index (χ3v) is 3.44. The second-order valence-corrected chi connectivity index (χ2v) is 5.15. The summed E-state index contributed by atoms with van der Waals surface area (Å²) >= 11 is 0. The van der Waals surface area contributed by atoms with Gasteiger partial charge in [0.15, 0.2) is 6.10 Å². The SMILES string of the molecule is C=CCC1=C(C(=O)O)O[C@@H]([C@H](O)[C@H](O)CO)[C@H](NC(C)=O)[C@H]1O. The summed E-state index contributed by atoms with van der Waals surface area (Å²) in [6.45, 7) is 3.82. The number of allylic oxidation sites excluding steroid dienone is 1. The molecule has 0 bridgehead atoms. The molecule has 9 heteroatoms. The molecule has 0 radical (unpaired) electrons. The van der Waals surface area contributed by atoms with E-state index in [0.717, 1.165) is 0 Å². The Kier molecular flexibility index (Phi) is 6.70. The number of rotatable bonds is 7. The second kappa shape index (κ2) is 8.06. The van der Waals surface area contributed by atoms with Crippen molar-refractivity contribution in [3.8, 4) is 0 Å². The fourth-order valence-electron chi connectivity index (χ4n) is 2.38. The molecular formula is C14H21NO8. The highest BCUT2D eigenvalue weighted by Crippen LogP contribution is 2.30. The van der Waals surface area contributed by atoms with Crippen molar-refractivity contribution >= 4 is 11.9 Å². The number of carbonyl (C=O) groups is 2. The average Bonchev–Trinajstić information content (AvgIpc) is 2.49. The smallest absolute Gasteiger partial charge is 0.371 e. The summed E-state index contributed by atoms with van der Waals surface area (Å²) in [6.07, 6.45) is -4.96. The molecular weight excluding hydrogens is 310 g/mol. The topological polar surface area (TPSA) is 157 Å². The molecule has 0 aromatic carbocycles. The molecule has 0 saturated carbocycles. The summed E-state index contributed by atoms with van der Waals surface area (Å²) in [5.41, 5.74) is -0.0202. The average molecular weight is 331 g/mol. The quantitative estimate of drug-likeness (QED) is 0.289. The first-order chi connectivity index (χ1) is 10.7. The van der Waals surface area contributed by atoms with Crippen LogP contribution in [0.3, 0.4) is 0 Å². The Hall–Kier alpha value is -1.94. The van der Waals surface area contributed by atoms with Gasteiger partial charge in [-0.3, -0.25) is 4.79 Å². The van der Waals surface area contributed by atoms with Crippen molar-refractivity contribution in [3.05, 3.63) is 24.0 Å². The van der Waals surface area contributed by atoms with E-state index in [-0.39, 0.29) is 12.0 Å². The zero-order valence-electron chi connectivity index (χ0n) is 12.5. The Morgan fingerprint density at radius 2 is 2.04 bits per heavy atom. The lowest BCUT2D eigenvalue weighted by Crippen LogP contribution is -2.61. The number of aliphatic hydroxyl groups excluding tert-OH is 4. The van der Waals surface area contributed by atoms with E-state index < -0.39 is 54.7 Å². The fourth-order valence-corrected chi connectivity index (χ4v) is 2.38. The minimum Gasteiger partial charge on any atom is -0.478 e. The Labute approximate surface area is 132 Å². The van der Waals surface area contributed by atoms with Crippen molar-refractivity contribution in [2.45, 2.75) is 43.8 Å². The molecule has 0 saturated heterocycles. The normalized spacial score (nSPS) is 26.9. The number of aliphatic carboxylic acids is 1. The van der Waals surface area contributed by atoms with Gasteiger partial charge in [0.05, 0.1) is 12.6 Å². The molecule has 0 aromatic rings. The minimum atomic E-state index is -1.73. The predicted octanol–water partition coefficient (Wildman–Crippen LogP) is -2.12. The number of carbonyl (C=O) groups excluding carboxylic acids is 1. The summed E-state index contributed by atoms with van der Waals surface area (Å²) in [5.74, 6) is -2.61. The first kappa shape index (κ1) is 19.1. The van der Waals surface area contributed by atoms with Gasteiger partial charge in [-0.05, 0) is 6.42 Å². The summed E-state index contributed by atoms with van der Waals surface area (Å²) < 4.78 is 5.22. The van der Waals surface area contributed by atoms with E-state index >= 15 is 0 Å². The third kappa shape index (κ3) is 4.29. The van der Waals surface area contributed by atoms with Crippen molar-refractivity contribution < 1.29 is 39.9 Å². The molecule has 6 N–H and O–H groups in total. The number of ether oxygens (including phenoxy) is 1. The van der Waals surface area contributed by atoms with Crippen LogP contribution in [0.1, 0.15) is 13.3 Å². The highest BCUT2D eigenvalue weighted by molar-refractivity contribution is 5.86. The second-order valence-electron chi connectivity index (χ2n) is 5.15. The van der Waals surface area contributed by atoms with Crippen LogP contribution < -0.4 is 5.32 Å². The fraction of sp³-hybridized carbons (Fsp3) is 0.571. The van der Waals surface area contributed by atoms with Crippen LogP contribution in [0.25, 0.3) is 0 Å². The predicted molar refractivity (Wildman–Crippen MR) is 77.1 cm³/mol. The molecule has 1 amide bonds. The number of hydrogen-bond acceptors (Lipinski definition) is 7. The molecule has 0 aromatic heterocycles. The molecule has 9 nitrogen and oxygen atoms in total. The number of carboxylic acid groups (broad SMARTS) is 1. The lowest BCUT2D eigenvalue weighted by molar-refractivity contribution is -0.150. The lowest BCUT2D eigenvalue weighted by Gasteiger charge is -2.40. The summed E-state index contributed by atoms with van der Waals surface area (Å²) in [5, 5.41) is 50.5. The van der Waals surface area contributed by atoms with Crippen LogP contribution in [-0.4, -0.2) is 74.5 Å². The van der Waals surface area contributed by atoms with Gasteiger partial charge in [0, 0.05) is 12.5 Å². The number of nitrogens with one attached hydrogen (secondary N) is 1. The molecule has 0 fully saturated rings. The van der Waals surface area contributed by atoms with Gasteiger partial charge in [-0.15, -0.1) is 6.58 Å². The molecule has 1 heterocycles. The molecule has 0 spiro atoms. The zero-order valence-corrected chi connectivity index (χ0v) is 12.5. The van der Waals surface area contributed by atoms with Gasteiger partial charge in [-0.25, -0.2) is 4.79 Å². The largest absolute Gasteiger partial charge is 0.478 e. The van der Waals surface area contributed by atoms with Crippen LogP contribution in [0.15, 0.2) is 24.0 Å².